The lowest BCUT2D eigenvalue weighted by Gasteiger charge is -2.09. The molecule has 7 heteroatoms. The smallest absolute Gasteiger partial charge is 0.240 e. The Bertz CT molecular complexity index is 980. The van der Waals surface area contributed by atoms with E-state index < -0.39 is 10.0 Å². The summed E-state index contributed by atoms with van der Waals surface area (Å²) in [4.78, 5) is 4.64. The van der Waals surface area contributed by atoms with Crippen molar-refractivity contribution in [2.45, 2.75) is 24.7 Å². The largest absolute Gasteiger partial charge is 0.496 e. The molecule has 0 bridgehead atoms. The van der Waals surface area contributed by atoms with Crippen molar-refractivity contribution >= 4 is 15.5 Å². The fourth-order valence-electron chi connectivity index (χ4n) is 2.74. The van der Waals surface area contributed by atoms with E-state index in [2.05, 4.69) is 9.71 Å². The van der Waals surface area contributed by atoms with Gasteiger partial charge in [0.15, 0.2) is 0 Å². The lowest BCUT2D eigenvalue weighted by molar-refractivity contribution is 0.411. The number of hydrogen-bond donors (Lipinski definition) is 1. The van der Waals surface area contributed by atoms with Crippen LogP contribution < -0.4 is 9.46 Å². The summed E-state index contributed by atoms with van der Waals surface area (Å²) in [5.74, 6) is 1.60. The molecule has 0 aliphatic carbocycles. The molecule has 0 saturated carbocycles. The lowest BCUT2D eigenvalue weighted by Crippen LogP contribution is -2.25. The minimum atomic E-state index is -3.52. The van der Waals surface area contributed by atoms with Crippen LogP contribution in [0.4, 0.5) is 0 Å². The van der Waals surface area contributed by atoms with Crippen molar-refractivity contribution < 1.29 is 13.2 Å². The Kier molecular flexibility index (Phi) is 5.06. The van der Waals surface area contributed by atoms with Crippen LogP contribution in [0.1, 0.15) is 17.8 Å². The van der Waals surface area contributed by atoms with E-state index in [0.29, 0.717) is 25.1 Å². The summed E-state index contributed by atoms with van der Waals surface area (Å²) in [5, 5.41) is 0. The third-order valence-electron chi connectivity index (χ3n) is 4.06. The molecule has 0 aliphatic rings. The molecule has 0 radical (unpaired) electrons. The van der Waals surface area contributed by atoms with Crippen LogP contribution in [0.2, 0.25) is 0 Å². The highest BCUT2D eigenvalue weighted by Crippen LogP contribution is 2.21. The van der Waals surface area contributed by atoms with Crippen molar-refractivity contribution in [1.82, 2.24) is 14.1 Å². The molecular weight excluding hydrogens is 338 g/mol. The number of fused-ring (bicyclic) bond motifs is 1. The van der Waals surface area contributed by atoms with Gasteiger partial charge in [0.1, 0.15) is 11.6 Å². The van der Waals surface area contributed by atoms with Crippen molar-refractivity contribution in [3.05, 3.63) is 60.2 Å². The summed E-state index contributed by atoms with van der Waals surface area (Å²) >= 11 is 0. The first-order chi connectivity index (χ1) is 12.0. The summed E-state index contributed by atoms with van der Waals surface area (Å²) in [7, 11) is -1.96. The van der Waals surface area contributed by atoms with Gasteiger partial charge >= 0.3 is 0 Å². The molecule has 1 N–H and O–H groups in total. The van der Waals surface area contributed by atoms with Gasteiger partial charge in [-0.3, -0.25) is 0 Å². The minimum absolute atomic E-state index is 0.247. The predicted molar refractivity (Wildman–Crippen MR) is 96.4 cm³/mol. The predicted octanol–water partition coefficient (Wildman–Crippen LogP) is 2.56. The standard InChI is InChI=1S/C18H21N3O3S/c1-14-12-16(8-9-17(14)24-2)25(22,23)20-10-5-7-18-19-13-15-6-3-4-11-21(15)18/h3-4,6,8-9,11-13,20H,5,7,10H2,1-2H3. The Morgan fingerprint density at radius 3 is 2.84 bits per heavy atom. The third kappa shape index (κ3) is 3.83. The average Bonchev–Trinajstić information content (AvgIpc) is 3.02. The zero-order chi connectivity index (χ0) is 17.9. The number of aryl methyl sites for hydroxylation is 2. The van der Waals surface area contributed by atoms with E-state index in [1.807, 2.05) is 41.9 Å². The van der Waals surface area contributed by atoms with Crippen LogP contribution in [-0.4, -0.2) is 31.5 Å². The van der Waals surface area contributed by atoms with Crippen LogP contribution in [0.25, 0.3) is 5.52 Å². The summed E-state index contributed by atoms with van der Waals surface area (Å²) in [5.41, 5.74) is 1.82. The number of aromatic nitrogens is 2. The third-order valence-corrected chi connectivity index (χ3v) is 5.52. The zero-order valence-electron chi connectivity index (χ0n) is 14.3. The first kappa shape index (κ1) is 17.4. The number of hydrogen-bond acceptors (Lipinski definition) is 4. The van der Waals surface area contributed by atoms with Gasteiger partial charge in [-0.05, 0) is 49.2 Å². The molecule has 2 heterocycles. The van der Waals surface area contributed by atoms with E-state index in [-0.39, 0.29) is 4.90 Å². The Labute approximate surface area is 147 Å². The second kappa shape index (κ2) is 7.25. The highest BCUT2D eigenvalue weighted by atomic mass is 32.2. The molecule has 132 valence electrons. The molecule has 0 unspecified atom stereocenters. The molecule has 0 aliphatic heterocycles. The number of nitrogens with one attached hydrogen (secondary N) is 1. The Morgan fingerprint density at radius 1 is 1.24 bits per heavy atom. The van der Waals surface area contributed by atoms with Gasteiger partial charge < -0.3 is 9.14 Å². The number of benzene rings is 1. The molecule has 3 aromatic rings. The minimum Gasteiger partial charge on any atom is -0.496 e. The molecule has 0 atom stereocenters. The summed E-state index contributed by atoms with van der Waals surface area (Å²) in [6.45, 7) is 2.18. The number of imidazole rings is 1. The van der Waals surface area contributed by atoms with Crippen LogP contribution in [0, 0.1) is 6.92 Å². The number of pyridine rings is 1. The highest BCUT2D eigenvalue weighted by Gasteiger charge is 2.15. The highest BCUT2D eigenvalue weighted by molar-refractivity contribution is 7.89. The number of methoxy groups -OCH3 is 1. The number of ether oxygens (including phenoxy) is 1. The van der Waals surface area contributed by atoms with E-state index >= 15 is 0 Å². The van der Waals surface area contributed by atoms with Crippen LogP contribution in [-0.2, 0) is 16.4 Å². The second-order valence-electron chi connectivity index (χ2n) is 5.80. The maximum absolute atomic E-state index is 12.4. The van der Waals surface area contributed by atoms with Crippen molar-refractivity contribution in [3.8, 4) is 5.75 Å². The van der Waals surface area contributed by atoms with Crippen molar-refractivity contribution in [1.29, 1.82) is 0 Å². The van der Waals surface area contributed by atoms with Gasteiger partial charge in [0, 0.05) is 19.2 Å². The number of rotatable bonds is 7. The Balaban J connectivity index is 1.60. The second-order valence-corrected chi connectivity index (χ2v) is 7.57. The van der Waals surface area contributed by atoms with Gasteiger partial charge in [0.05, 0.1) is 23.7 Å². The van der Waals surface area contributed by atoms with E-state index in [9.17, 15) is 8.42 Å². The van der Waals surface area contributed by atoms with Gasteiger partial charge in [-0.1, -0.05) is 6.07 Å². The van der Waals surface area contributed by atoms with Crippen LogP contribution >= 0.6 is 0 Å². The molecule has 1 aromatic carbocycles. The SMILES string of the molecule is COc1ccc(S(=O)(=O)NCCCc2ncc3ccccn23)cc1C. The monoisotopic (exact) mass is 359 g/mol. The van der Waals surface area contributed by atoms with Crippen molar-refractivity contribution in [2.75, 3.05) is 13.7 Å². The maximum atomic E-state index is 12.4. The summed E-state index contributed by atoms with van der Waals surface area (Å²) in [6, 6.07) is 10.7. The van der Waals surface area contributed by atoms with E-state index in [4.69, 9.17) is 4.74 Å². The van der Waals surface area contributed by atoms with Crippen molar-refractivity contribution in [2.24, 2.45) is 0 Å². The number of sulfonamides is 1. The van der Waals surface area contributed by atoms with Crippen LogP contribution in [0.5, 0.6) is 5.75 Å². The van der Waals surface area contributed by atoms with Crippen LogP contribution in [0.15, 0.2) is 53.7 Å². The summed E-state index contributed by atoms with van der Waals surface area (Å²) in [6.07, 6.45) is 5.15. The molecule has 0 amide bonds. The number of nitrogens with zero attached hydrogens (tertiary/aromatic N) is 2. The van der Waals surface area contributed by atoms with E-state index in [1.54, 1.807) is 25.3 Å². The fraction of sp³-hybridized carbons (Fsp3) is 0.278. The van der Waals surface area contributed by atoms with E-state index in [1.165, 1.54) is 0 Å². The Morgan fingerprint density at radius 2 is 2.08 bits per heavy atom. The normalized spacial score (nSPS) is 11.8. The van der Waals surface area contributed by atoms with Gasteiger partial charge in [0.2, 0.25) is 10.0 Å². The Hall–Kier alpha value is -2.38. The van der Waals surface area contributed by atoms with Gasteiger partial charge in [0.25, 0.3) is 0 Å². The fourth-order valence-corrected chi connectivity index (χ4v) is 3.90. The topological polar surface area (TPSA) is 72.7 Å². The van der Waals surface area contributed by atoms with Crippen LogP contribution in [0.3, 0.4) is 0 Å². The first-order valence-electron chi connectivity index (χ1n) is 8.06. The molecule has 25 heavy (non-hydrogen) atoms. The van der Waals surface area contributed by atoms with Gasteiger partial charge in [-0.15, -0.1) is 0 Å². The zero-order valence-corrected chi connectivity index (χ0v) is 15.1. The van der Waals surface area contributed by atoms with Crippen molar-refractivity contribution in [3.63, 3.8) is 0 Å². The van der Waals surface area contributed by atoms with Gasteiger partial charge in [-0.25, -0.2) is 18.1 Å². The lowest BCUT2D eigenvalue weighted by atomic mass is 10.2. The van der Waals surface area contributed by atoms with Gasteiger partial charge in [-0.2, -0.15) is 0 Å². The average molecular weight is 359 g/mol. The maximum Gasteiger partial charge on any atom is 0.240 e. The molecule has 2 aromatic heterocycles. The molecule has 0 fully saturated rings. The molecular formula is C18H21N3O3S. The summed E-state index contributed by atoms with van der Waals surface area (Å²) < 4.78 is 34.6. The molecule has 3 rings (SSSR count). The quantitative estimate of drug-likeness (QED) is 0.658. The first-order valence-corrected chi connectivity index (χ1v) is 9.55. The molecule has 6 nitrogen and oxygen atoms in total. The van der Waals surface area contributed by atoms with E-state index in [0.717, 1.165) is 16.9 Å². The molecule has 0 saturated heterocycles. The molecule has 0 spiro atoms.